The lowest BCUT2D eigenvalue weighted by molar-refractivity contribution is 0.222. The van der Waals surface area contributed by atoms with Crippen LogP contribution in [-0.4, -0.2) is 32.9 Å². The first-order chi connectivity index (χ1) is 8.93. The zero-order chi connectivity index (χ0) is 14.0. The van der Waals surface area contributed by atoms with Gasteiger partial charge in [0, 0.05) is 19.2 Å². The summed E-state index contributed by atoms with van der Waals surface area (Å²) in [4.78, 5) is 0.313. The Morgan fingerprint density at radius 1 is 1.21 bits per heavy atom. The van der Waals surface area contributed by atoms with Crippen molar-refractivity contribution in [2.24, 2.45) is 11.8 Å². The van der Waals surface area contributed by atoms with Crippen LogP contribution >= 0.6 is 0 Å². The molecule has 2 rings (SSSR count). The number of hydrogen-bond donors (Lipinski definition) is 0. The van der Waals surface area contributed by atoms with Crippen LogP contribution in [0.25, 0.3) is 0 Å². The summed E-state index contributed by atoms with van der Waals surface area (Å²) in [6.07, 6.45) is 1.09. The standard InChI is InChI=1S/C14H21NO3S/c1-11-7-12(2)10-15(9-11)19(16,17)14-6-4-5-13(8-14)18-3/h4-6,8,11-12H,7,9-10H2,1-3H3/t11-,12+. The second-order valence-electron chi connectivity index (χ2n) is 5.45. The number of ether oxygens (including phenoxy) is 1. The molecule has 5 heteroatoms. The lowest BCUT2D eigenvalue weighted by Gasteiger charge is -2.34. The molecule has 106 valence electrons. The zero-order valence-electron chi connectivity index (χ0n) is 11.7. The molecule has 1 heterocycles. The molecule has 1 fully saturated rings. The minimum Gasteiger partial charge on any atom is -0.497 e. The Hall–Kier alpha value is -1.07. The maximum absolute atomic E-state index is 12.6. The van der Waals surface area contributed by atoms with Crippen molar-refractivity contribution in [1.82, 2.24) is 4.31 Å². The van der Waals surface area contributed by atoms with E-state index in [1.807, 2.05) is 0 Å². The fourth-order valence-electron chi connectivity index (χ4n) is 2.71. The van der Waals surface area contributed by atoms with Crippen LogP contribution in [0.2, 0.25) is 0 Å². The summed E-state index contributed by atoms with van der Waals surface area (Å²) in [6, 6.07) is 6.67. The van der Waals surface area contributed by atoms with E-state index < -0.39 is 10.0 Å². The molecule has 1 aromatic rings. The van der Waals surface area contributed by atoms with Crippen LogP contribution in [0.15, 0.2) is 29.2 Å². The Bertz CT molecular complexity index is 531. The van der Waals surface area contributed by atoms with Gasteiger partial charge >= 0.3 is 0 Å². The number of piperidine rings is 1. The summed E-state index contributed by atoms with van der Waals surface area (Å²) in [5, 5.41) is 0. The number of benzene rings is 1. The third-order valence-corrected chi connectivity index (χ3v) is 5.34. The van der Waals surface area contributed by atoms with E-state index >= 15 is 0 Å². The molecule has 0 aliphatic carbocycles. The Kier molecular flexibility index (Phi) is 4.16. The minimum atomic E-state index is -3.41. The van der Waals surface area contributed by atoms with Gasteiger partial charge in [0.05, 0.1) is 12.0 Å². The third-order valence-electron chi connectivity index (χ3n) is 3.51. The van der Waals surface area contributed by atoms with E-state index in [1.54, 1.807) is 28.6 Å². The summed E-state index contributed by atoms with van der Waals surface area (Å²) in [7, 11) is -1.87. The fraction of sp³-hybridized carbons (Fsp3) is 0.571. The van der Waals surface area contributed by atoms with Gasteiger partial charge < -0.3 is 4.74 Å². The highest BCUT2D eigenvalue weighted by Crippen LogP contribution is 2.27. The maximum atomic E-state index is 12.6. The molecular formula is C14H21NO3S. The van der Waals surface area contributed by atoms with Gasteiger partial charge in [-0.15, -0.1) is 0 Å². The average Bonchev–Trinajstić information content (AvgIpc) is 2.37. The first-order valence-corrected chi connectivity index (χ1v) is 8.01. The molecule has 0 unspecified atom stereocenters. The van der Waals surface area contributed by atoms with Crippen LogP contribution < -0.4 is 4.74 Å². The third kappa shape index (κ3) is 3.09. The van der Waals surface area contributed by atoms with Gasteiger partial charge in [0.1, 0.15) is 5.75 Å². The normalized spacial score (nSPS) is 25.2. The monoisotopic (exact) mass is 283 g/mol. The molecule has 4 nitrogen and oxygen atoms in total. The van der Waals surface area contributed by atoms with Crippen LogP contribution in [-0.2, 0) is 10.0 Å². The molecule has 1 aliphatic rings. The molecule has 0 amide bonds. The Morgan fingerprint density at radius 3 is 2.42 bits per heavy atom. The molecule has 2 atom stereocenters. The number of sulfonamides is 1. The largest absolute Gasteiger partial charge is 0.497 e. The second kappa shape index (κ2) is 5.51. The van der Waals surface area contributed by atoms with Crippen molar-refractivity contribution in [2.45, 2.75) is 25.2 Å². The molecule has 0 saturated carbocycles. The van der Waals surface area contributed by atoms with E-state index in [4.69, 9.17) is 4.74 Å². The van der Waals surface area contributed by atoms with Crippen molar-refractivity contribution < 1.29 is 13.2 Å². The van der Waals surface area contributed by atoms with Crippen molar-refractivity contribution in [3.63, 3.8) is 0 Å². The van der Waals surface area contributed by atoms with Crippen molar-refractivity contribution in [3.05, 3.63) is 24.3 Å². The van der Waals surface area contributed by atoms with Gasteiger partial charge in [0.15, 0.2) is 0 Å². The predicted octanol–water partition coefficient (Wildman–Crippen LogP) is 2.36. The van der Waals surface area contributed by atoms with Crippen LogP contribution in [0, 0.1) is 11.8 Å². The molecule has 0 N–H and O–H groups in total. The number of nitrogens with zero attached hydrogens (tertiary/aromatic N) is 1. The highest BCUT2D eigenvalue weighted by atomic mass is 32.2. The van der Waals surface area contributed by atoms with Crippen molar-refractivity contribution in [1.29, 1.82) is 0 Å². The van der Waals surface area contributed by atoms with Crippen LogP contribution in [0.1, 0.15) is 20.3 Å². The molecule has 0 bridgehead atoms. The fourth-order valence-corrected chi connectivity index (χ4v) is 4.43. The van der Waals surface area contributed by atoms with E-state index in [1.165, 1.54) is 7.11 Å². The number of methoxy groups -OCH3 is 1. The molecule has 0 radical (unpaired) electrons. The van der Waals surface area contributed by atoms with Crippen molar-refractivity contribution in [2.75, 3.05) is 20.2 Å². The summed E-state index contributed by atoms with van der Waals surface area (Å²) in [5.41, 5.74) is 0. The molecule has 1 aromatic carbocycles. The van der Waals surface area contributed by atoms with Gasteiger partial charge in [-0.3, -0.25) is 0 Å². The summed E-state index contributed by atoms with van der Waals surface area (Å²) in [6.45, 7) is 5.40. The van der Waals surface area contributed by atoms with Crippen LogP contribution in [0.5, 0.6) is 5.75 Å². The number of hydrogen-bond acceptors (Lipinski definition) is 3. The highest BCUT2D eigenvalue weighted by Gasteiger charge is 2.31. The van der Waals surface area contributed by atoms with Crippen molar-refractivity contribution in [3.8, 4) is 5.75 Å². The Morgan fingerprint density at radius 2 is 1.84 bits per heavy atom. The second-order valence-corrected chi connectivity index (χ2v) is 7.38. The first kappa shape index (κ1) is 14.3. The highest BCUT2D eigenvalue weighted by molar-refractivity contribution is 7.89. The van der Waals surface area contributed by atoms with E-state index in [9.17, 15) is 8.42 Å². The molecule has 0 spiro atoms. The van der Waals surface area contributed by atoms with Gasteiger partial charge in [-0.2, -0.15) is 4.31 Å². The van der Waals surface area contributed by atoms with E-state index in [0.29, 0.717) is 35.6 Å². The lowest BCUT2D eigenvalue weighted by Crippen LogP contribution is -2.42. The van der Waals surface area contributed by atoms with Gasteiger partial charge in [-0.1, -0.05) is 19.9 Å². The molecule has 0 aromatic heterocycles. The molecule has 1 aliphatic heterocycles. The van der Waals surface area contributed by atoms with Gasteiger partial charge in [-0.25, -0.2) is 8.42 Å². The molecule has 1 saturated heterocycles. The molecular weight excluding hydrogens is 262 g/mol. The average molecular weight is 283 g/mol. The first-order valence-electron chi connectivity index (χ1n) is 6.57. The smallest absolute Gasteiger partial charge is 0.243 e. The minimum absolute atomic E-state index is 0.313. The summed E-state index contributed by atoms with van der Waals surface area (Å²) >= 11 is 0. The SMILES string of the molecule is COc1cccc(S(=O)(=O)N2C[C@H](C)C[C@H](C)C2)c1. The maximum Gasteiger partial charge on any atom is 0.243 e. The van der Waals surface area contributed by atoms with Gasteiger partial charge in [-0.05, 0) is 30.4 Å². The summed E-state index contributed by atoms with van der Waals surface area (Å²) < 4.78 is 31.9. The van der Waals surface area contributed by atoms with Crippen LogP contribution in [0.4, 0.5) is 0 Å². The van der Waals surface area contributed by atoms with E-state index in [2.05, 4.69) is 13.8 Å². The summed E-state index contributed by atoms with van der Waals surface area (Å²) in [5.74, 6) is 1.38. The van der Waals surface area contributed by atoms with E-state index in [0.717, 1.165) is 6.42 Å². The molecule has 19 heavy (non-hydrogen) atoms. The number of rotatable bonds is 3. The Balaban J connectivity index is 2.30. The predicted molar refractivity (Wildman–Crippen MR) is 74.7 cm³/mol. The topological polar surface area (TPSA) is 46.6 Å². The van der Waals surface area contributed by atoms with E-state index in [-0.39, 0.29) is 0 Å². The quantitative estimate of drug-likeness (QED) is 0.855. The van der Waals surface area contributed by atoms with Gasteiger partial charge in [0.2, 0.25) is 10.0 Å². The Labute approximate surface area is 115 Å². The lowest BCUT2D eigenvalue weighted by atomic mass is 9.94. The van der Waals surface area contributed by atoms with Gasteiger partial charge in [0.25, 0.3) is 0 Å². The van der Waals surface area contributed by atoms with Crippen LogP contribution in [0.3, 0.4) is 0 Å². The van der Waals surface area contributed by atoms with Crippen molar-refractivity contribution >= 4 is 10.0 Å². The zero-order valence-corrected chi connectivity index (χ0v) is 12.5.